The fraction of sp³-hybridized carbons (Fsp3) is 0.462. The van der Waals surface area contributed by atoms with Gasteiger partial charge in [0.2, 0.25) is 0 Å². The molecular weight excluding hydrogens is 202 g/mol. The standard InChI is InChI=1S/C13H17NO2/c1-9-3-5-10(6-4-9)13(15)12-7-11(16-2)8-14-12/h3-6,11-12,14H,7-8H2,1-2H3. The average Bonchev–Trinajstić information content (AvgIpc) is 2.77. The molecule has 1 aliphatic heterocycles. The van der Waals surface area contributed by atoms with E-state index in [1.807, 2.05) is 31.2 Å². The van der Waals surface area contributed by atoms with Gasteiger partial charge < -0.3 is 10.1 Å². The van der Waals surface area contributed by atoms with Crippen LogP contribution in [0.25, 0.3) is 0 Å². The maximum Gasteiger partial charge on any atom is 0.179 e. The first kappa shape index (κ1) is 11.3. The number of rotatable bonds is 3. The van der Waals surface area contributed by atoms with E-state index in [4.69, 9.17) is 4.74 Å². The van der Waals surface area contributed by atoms with Crippen LogP contribution in [-0.4, -0.2) is 31.6 Å². The summed E-state index contributed by atoms with van der Waals surface area (Å²) in [6.07, 6.45) is 0.933. The van der Waals surface area contributed by atoms with E-state index in [2.05, 4.69) is 5.32 Å². The van der Waals surface area contributed by atoms with Gasteiger partial charge in [-0.15, -0.1) is 0 Å². The molecule has 0 bridgehead atoms. The van der Waals surface area contributed by atoms with Crippen LogP contribution in [-0.2, 0) is 4.74 Å². The Morgan fingerprint density at radius 3 is 2.62 bits per heavy atom. The lowest BCUT2D eigenvalue weighted by atomic mass is 10.0. The minimum absolute atomic E-state index is 0.0901. The number of ether oxygens (including phenoxy) is 1. The smallest absolute Gasteiger partial charge is 0.179 e. The third kappa shape index (κ3) is 2.31. The molecule has 0 saturated carbocycles. The molecule has 1 saturated heterocycles. The molecule has 2 rings (SSSR count). The van der Waals surface area contributed by atoms with Gasteiger partial charge in [0.15, 0.2) is 5.78 Å². The SMILES string of the molecule is COC1CNC(C(=O)c2ccc(C)cc2)C1. The zero-order valence-corrected chi connectivity index (χ0v) is 9.69. The molecule has 16 heavy (non-hydrogen) atoms. The Bertz CT molecular complexity index is 372. The van der Waals surface area contributed by atoms with E-state index in [0.29, 0.717) is 0 Å². The molecule has 86 valence electrons. The second-order valence-corrected chi connectivity index (χ2v) is 4.28. The Morgan fingerprint density at radius 2 is 2.06 bits per heavy atom. The van der Waals surface area contributed by atoms with Crippen LogP contribution in [0.5, 0.6) is 0 Å². The lowest BCUT2D eigenvalue weighted by molar-refractivity contribution is 0.0919. The predicted molar refractivity (Wildman–Crippen MR) is 62.7 cm³/mol. The van der Waals surface area contributed by atoms with Gasteiger partial charge in [-0.25, -0.2) is 0 Å². The van der Waals surface area contributed by atoms with Crippen molar-refractivity contribution >= 4 is 5.78 Å². The molecule has 1 N–H and O–H groups in total. The number of aryl methyl sites for hydroxylation is 1. The van der Waals surface area contributed by atoms with Crippen molar-refractivity contribution in [1.29, 1.82) is 0 Å². The highest BCUT2D eigenvalue weighted by Crippen LogP contribution is 2.15. The Hall–Kier alpha value is -1.19. The number of benzene rings is 1. The second-order valence-electron chi connectivity index (χ2n) is 4.28. The molecule has 1 aromatic rings. The van der Waals surface area contributed by atoms with Gasteiger partial charge in [-0.2, -0.15) is 0 Å². The molecule has 0 aliphatic carbocycles. The van der Waals surface area contributed by atoms with Gasteiger partial charge in [0.05, 0.1) is 12.1 Å². The van der Waals surface area contributed by atoms with Crippen LogP contribution in [0.2, 0.25) is 0 Å². The van der Waals surface area contributed by atoms with E-state index < -0.39 is 0 Å². The number of Topliss-reactive ketones (excluding diaryl/α,β-unsaturated/α-hetero) is 1. The van der Waals surface area contributed by atoms with Crippen LogP contribution in [0.15, 0.2) is 24.3 Å². The summed E-state index contributed by atoms with van der Waals surface area (Å²) < 4.78 is 5.23. The summed E-state index contributed by atoms with van der Waals surface area (Å²) >= 11 is 0. The van der Waals surface area contributed by atoms with Gasteiger partial charge in [0.1, 0.15) is 0 Å². The lowest BCUT2D eigenvalue weighted by Crippen LogP contribution is -2.30. The minimum atomic E-state index is -0.0901. The summed E-state index contributed by atoms with van der Waals surface area (Å²) in [6, 6.07) is 7.62. The van der Waals surface area contributed by atoms with E-state index in [1.165, 1.54) is 5.56 Å². The summed E-state index contributed by atoms with van der Waals surface area (Å²) in [5.41, 5.74) is 1.95. The molecule has 0 spiro atoms. The molecule has 3 heteroatoms. The van der Waals surface area contributed by atoms with Crippen molar-refractivity contribution in [2.45, 2.75) is 25.5 Å². The number of carbonyl (C=O) groups excluding carboxylic acids is 1. The first-order valence-corrected chi connectivity index (χ1v) is 5.58. The zero-order valence-electron chi connectivity index (χ0n) is 9.69. The Labute approximate surface area is 95.8 Å². The van der Waals surface area contributed by atoms with Gasteiger partial charge in [-0.1, -0.05) is 29.8 Å². The number of hydrogen-bond acceptors (Lipinski definition) is 3. The number of carbonyl (C=O) groups is 1. The van der Waals surface area contributed by atoms with Crippen LogP contribution >= 0.6 is 0 Å². The van der Waals surface area contributed by atoms with E-state index in [1.54, 1.807) is 7.11 Å². The van der Waals surface area contributed by atoms with Gasteiger partial charge in [0.25, 0.3) is 0 Å². The lowest BCUT2D eigenvalue weighted by Gasteiger charge is -2.09. The van der Waals surface area contributed by atoms with Crippen molar-refractivity contribution in [3.05, 3.63) is 35.4 Å². The van der Waals surface area contributed by atoms with Crippen LogP contribution in [0.4, 0.5) is 0 Å². The minimum Gasteiger partial charge on any atom is -0.380 e. The van der Waals surface area contributed by atoms with Gasteiger partial charge >= 0.3 is 0 Å². The fourth-order valence-electron chi connectivity index (χ4n) is 2.00. The number of methoxy groups -OCH3 is 1. The average molecular weight is 219 g/mol. The molecule has 1 fully saturated rings. The third-order valence-corrected chi connectivity index (χ3v) is 3.08. The highest BCUT2D eigenvalue weighted by molar-refractivity contribution is 6.00. The van der Waals surface area contributed by atoms with Crippen molar-refractivity contribution in [3.63, 3.8) is 0 Å². The molecule has 1 aliphatic rings. The monoisotopic (exact) mass is 219 g/mol. The van der Waals surface area contributed by atoms with E-state index in [-0.39, 0.29) is 17.9 Å². The molecule has 1 heterocycles. The van der Waals surface area contributed by atoms with Gasteiger partial charge in [-0.05, 0) is 13.3 Å². The van der Waals surface area contributed by atoms with Crippen molar-refractivity contribution in [1.82, 2.24) is 5.32 Å². The van der Waals surface area contributed by atoms with Crippen molar-refractivity contribution in [3.8, 4) is 0 Å². The third-order valence-electron chi connectivity index (χ3n) is 3.08. The molecule has 0 amide bonds. The number of hydrogen-bond donors (Lipinski definition) is 1. The van der Waals surface area contributed by atoms with E-state index in [0.717, 1.165) is 18.5 Å². The molecule has 2 unspecified atom stereocenters. The zero-order chi connectivity index (χ0) is 11.5. The van der Waals surface area contributed by atoms with Crippen molar-refractivity contribution in [2.75, 3.05) is 13.7 Å². The van der Waals surface area contributed by atoms with Crippen LogP contribution in [0.1, 0.15) is 22.3 Å². The molecule has 0 aromatic heterocycles. The predicted octanol–water partition coefficient (Wildman–Crippen LogP) is 1.55. The molecule has 2 atom stereocenters. The van der Waals surface area contributed by atoms with Crippen molar-refractivity contribution in [2.24, 2.45) is 0 Å². The first-order chi connectivity index (χ1) is 7.70. The molecular formula is C13H17NO2. The molecule has 1 aromatic carbocycles. The van der Waals surface area contributed by atoms with E-state index in [9.17, 15) is 4.79 Å². The van der Waals surface area contributed by atoms with E-state index >= 15 is 0 Å². The normalized spacial score (nSPS) is 24.6. The maximum absolute atomic E-state index is 12.1. The fourth-order valence-corrected chi connectivity index (χ4v) is 2.00. The second kappa shape index (κ2) is 4.76. The topological polar surface area (TPSA) is 38.3 Å². The molecule has 3 nitrogen and oxygen atoms in total. The highest BCUT2D eigenvalue weighted by atomic mass is 16.5. The first-order valence-electron chi connectivity index (χ1n) is 5.58. The largest absolute Gasteiger partial charge is 0.380 e. The van der Waals surface area contributed by atoms with Crippen molar-refractivity contribution < 1.29 is 9.53 Å². The summed E-state index contributed by atoms with van der Waals surface area (Å²) in [5, 5.41) is 3.20. The Morgan fingerprint density at radius 1 is 1.38 bits per heavy atom. The number of ketones is 1. The van der Waals surface area contributed by atoms with Crippen LogP contribution < -0.4 is 5.32 Å². The van der Waals surface area contributed by atoms with Gasteiger partial charge in [0, 0.05) is 19.2 Å². The summed E-state index contributed by atoms with van der Waals surface area (Å²) in [5.74, 6) is 0.166. The van der Waals surface area contributed by atoms with Crippen LogP contribution in [0.3, 0.4) is 0 Å². The van der Waals surface area contributed by atoms with Gasteiger partial charge in [-0.3, -0.25) is 4.79 Å². The summed E-state index contributed by atoms with van der Waals surface area (Å²) in [6.45, 7) is 2.78. The maximum atomic E-state index is 12.1. The Balaban J connectivity index is 2.05. The quantitative estimate of drug-likeness (QED) is 0.784. The summed E-state index contributed by atoms with van der Waals surface area (Å²) in [7, 11) is 1.69. The molecule has 0 radical (unpaired) electrons. The number of nitrogens with one attached hydrogen (secondary N) is 1. The highest BCUT2D eigenvalue weighted by Gasteiger charge is 2.29. The summed E-state index contributed by atoms with van der Waals surface area (Å²) in [4.78, 5) is 12.1. The Kier molecular flexibility index (Phi) is 3.36. The van der Waals surface area contributed by atoms with Crippen LogP contribution in [0, 0.1) is 6.92 Å².